The second-order valence-corrected chi connectivity index (χ2v) is 11.0. The molecule has 5 nitrogen and oxygen atoms in total. The SMILES string of the molecule is CCC(CCC(C)(O)C(F)(F)F)N1C(=O)C2(CC(=O)O2)CC(c2cccc(Cl)c2)C1c1ccc(Cl)cc1. The fourth-order valence-corrected chi connectivity index (χ4v) is 5.72. The van der Waals surface area contributed by atoms with E-state index in [1.165, 1.54) is 0 Å². The van der Waals surface area contributed by atoms with Crippen LogP contribution in [-0.4, -0.2) is 45.3 Å². The minimum atomic E-state index is -4.82. The molecule has 0 radical (unpaired) electrons. The van der Waals surface area contributed by atoms with E-state index in [9.17, 15) is 27.9 Å². The number of benzene rings is 2. The molecule has 37 heavy (non-hydrogen) atoms. The number of likely N-dealkylation sites (tertiary alicyclic amines) is 1. The highest BCUT2D eigenvalue weighted by molar-refractivity contribution is 6.30. The number of ether oxygens (including phenoxy) is 1. The third kappa shape index (κ3) is 5.33. The third-order valence-corrected chi connectivity index (χ3v) is 8.01. The zero-order valence-corrected chi connectivity index (χ0v) is 21.9. The Hall–Kier alpha value is -2.29. The molecule has 4 rings (SSSR count). The number of alkyl halides is 3. The van der Waals surface area contributed by atoms with Crippen molar-refractivity contribution in [2.45, 2.75) is 81.3 Å². The quantitative estimate of drug-likeness (QED) is 0.389. The molecule has 2 saturated heterocycles. The van der Waals surface area contributed by atoms with Crippen molar-refractivity contribution >= 4 is 35.1 Å². The highest BCUT2D eigenvalue weighted by Gasteiger charge is 2.62. The Morgan fingerprint density at radius 1 is 1.11 bits per heavy atom. The van der Waals surface area contributed by atoms with Crippen molar-refractivity contribution in [3.63, 3.8) is 0 Å². The first kappa shape index (κ1) is 27.7. The maximum atomic E-state index is 14.0. The molecule has 2 aliphatic rings. The van der Waals surface area contributed by atoms with E-state index in [0.717, 1.165) is 18.1 Å². The van der Waals surface area contributed by atoms with Gasteiger partial charge in [-0.05, 0) is 61.6 Å². The summed E-state index contributed by atoms with van der Waals surface area (Å²) in [6.45, 7) is 2.51. The van der Waals surface area contributed by atoms with Crippen LogP contribution in [0.15, 0.2) is 48.5 Å². The molecule has 0 saturated carbocycles. The zero-order valence-electron chi connectivity index (χ0n) is 20.4. The number of carbonyl (C=O) groups is 2. The molecule has 2 aromatic rings. The third-order valence-electron chi connectivity index (χ3n) is 7.52. The Bertz CT molecular complexity index is 1160. The second kappa shape index (κ2) is 10.1. The van der Waals surface area contributed by atoms with Crippen molar-refractivity contribution in [1.29, 1.82) is 0 Å². The second-order valence-electron chi connectivity index (χ2n) is 10.1. The van der Waals surface area contributed by atoms with Gasteiger partial charge in [-0.2, -0.15) is 13.2 Å². The molecule has 1 amide bonds. The number of hydrogen-bond donors (Lipinski definition) is 1. The van der Waals surface area contributed by atoms with Crippen LogP contribution in [0.5, 0.6) is 0 Å². The van der Waals surface area contributed by atoms with Crippen molar-refractivity contribution in [1.82, 2.24) is 4.90 Å². The number of aliphatic hydroxyl groups is 1. The molecule has 200 valence electrons. The Labute approximate surface area is 223 Å². The molecular weight excluding hydrogens is 530 g/mol. The fraction of sp³-hybridized carbons (Fsp3) is 0.481. The fourth-order valence-electron chi connectivity index (χ4n) is 5.40. The van der Waals surface area contributed by atoms with E-state index in [0.29, 0.717) is 16.5 Å². The Morgan fingerprint density at radius 2 is 1.76 bits per heavy atom. The first-order chi connectivity index (χ1) is 17.3. The van der Waals surface area contributed by atoms with Crippen LogP contribution in [0.4, 0.5) is 13.2 Å². The van der Waals surface area contributed by atoms with E-state index in [1.54, 1.807) is 54.3 Å². The minimum Gasteiger partial charge on any atom is -0.448 e. The highest BCUT2D eigenvalue weighted by Crippen LogP contribution is 2.53. The van der Waals surface area contributed by atoms with Crippen LogP contribution in [0.2, 0.25) is 10.0 Å². The van der Waals surface area contributed by atoms with Gasteiger partial charge in [0.2, 0.25) is 5.60 Å². The lowest BCUT2D eigenvalue weighted by molar-refractivity contribution is -0.256. The van der Waals surface area contributed by atoms with Gasteiger partial charge < -0.3 is 14.7 Å². The molecule has 2 heterocycles. The predicted molar refractivity (Wildman–Crippen MR) is 133 cm³/mol. The first-order valence-corrected chi connectivity index (χ1v) is 12.9. The van der Waals surface area contributed by atoms with Gasteiger partial charge in [-0.15, -0.1) is 0 Å². The van der Waals surface area contributed by atoms with Crippen molar-refractivity contribution in [2.75, 3.05) is 0 Å². The molecule has 5 unspecified atom stereocenters. The number of carbonyl (C=O) groups excluding carboxylic acids is 2. The van der Waals surface area contributed by atoms with Gasteiger partial charge in [0.05, 0.1) is 12.5 Å². The molecule has 1 N–H and O–H groups in total. The predicted octanol–water partition coefficient (Wildman–Crippen LogP) is 6.61. The summed E-state index contributed by atoms with van der Waals surface area (Å²) in [5.74, 6) is -1.32. The van der Waals surface area contributed by atoms with Gasteiger partial charge in [0.1, 0.15) is 0 Å². The average Bonchev–Trinajstić information content (AvgIpc) is 2.80. The smallest absolute Gasteiger partial charge is 0.416 e. The maximum Gasteiger partial charge on any atom is 0.416 e. The minimum absolute atomic E-state index is 0.106. The summed E-state index contributed by atoms with van der Waals surface area (Å²) in [5, 5.41) is 11.1. The van der Waals surface area contributed by atoms with Gasteiger partial charge in [-0.3, -0.25) is 9.59 Å². The summed E-state index contributed by atoms with van der Waals surface area (Å²) < 4.78 is 45.7. The van der Waals surface area contributed by atoms with E-state index in [2.05, 4.69) is 0 Å². The van der Waals surface area contributed by atoms with E-state index < -0.39 is 47.8 Å². The molecule has 2 aromatic carbocycles. The summed E-state index contributed by atoms with van der Waals surface area (Å²) in [4.78, 5) is 27.5. The molecule has 0 bridgehead atoms. The lowest BCUT2D eigenvalue weighted by Gasteiger charge is -2.54. The Kier molecular flexibility index (Phi) is 7.58. The van der Waals surface area contributed by atoms with Gasteiger partial charge in [0.15, 0.2) is 5.60 Å². The van der Waals surface area contributed by atoms with E-state index >= 15 is 0 Å². The summed E-state index contributed by atoms with van der Waals surface area (Å²) in [6.07, 6.45) is -5.09. The van der Waals surface area contributed by atoms with Crippen molar-refractivity contribution in [2.24, 2.45) is 0 Å². The van der Waals surface area contributed by atoms with E-state index in [4.69, 9.17) is 27.9 Å². The highest BCUT2D eigenvalue weighted by atomic mass is 35.5. The molecule has 2 fully saturated rings. The molecule has 0 aliphatic carbocycles. The topological polar surface area (TPSA) is 66.8 Å². The lowest BCUT2D eigenvalue weighted by Crippen LogP contribution is -2.66. The number of piperidine rings is 1. The van der Waals surface area contributed by atoms with Gasteiger partial charge in [-0.1, -0.05) is 54.4 Å². The summed E-state index contributed by atoms with van der Waals surface area (Å²) in [6, 6.07) is 12.9. The summed E-state index contributed by atoms with van der Waals surface area (Å²) in [7, 11) is 0. The average molecular weight is 558 g/mol. The number of halogens is 5. The van der Waals surface area contributed by atoms with Crippen LogP contribution in [0.3, 0.4) is 0 Å². The van der Waals surface area contributed by atoms with Crippen LogP contribution in [-0.2, 0) is 14.3 Å². The monoisotopic (exact) mass is 557 g/mol. The Morgan fingerprint density at radius 3 is 2.30 bits per heavy atom. The zero-order chi connectivity index (χ0) is 27.2. The van der Waals surface area contributed by atoms with Gasteiger partial charge in [0, 0.05) is 28.4 Å². The summed E-state index contributed by atoms with van der Waals surface area (Å²) >= 11 is 12.4. The van der Waals surface area contributed by atoms with Crippen LogP contribution >= 0.6 is 23.2 Å². The Balaban J connectivity index is 1.82. The molecule has 2 aliphatic heterocycles. The molecule has 1 spiro atoms. The largest absolute Gasteiger partial charge is 0.448 e. The van der Waals surface area contributed by atoms with Crippen LogP contribution < -0.4 is 0 Å². The molecule has 0 aromatic heterocycles. The number of rotatable bonds is 7. The molecular formula is C27H28Cl2F3NO4. The van der Waals surface area contributed by atoms with Crippen molar-refractivity contribution < 1.29 is 32.6 Å². The van der Waals surface area contributed by atoms with Gasteiger partial charge in [-0.25, -0.2) is 0 Å². The lowest BCUT2D eigenvalue weighted by atomic mass is 9.70. The van der Waals surface area contributed by atoms with Crippen LogP contribution in [0, 0.1) is 0 Å². The number of hydrogen-bond acceptors (Lipinski definition) is 4. The van der Waals surface area contributed by atoms with Crippen LogP contribution in [0.25, 0.3) is 0 Å². The number of nitrogens with zero attached hydrogens (tertiary/aromatic N) is 1. The standard InChI is InChI=1S/C27H28Cl2F3NO4/c1-3-20(11-12-25(2,36)27(30,31)32)33-23(16-7-9-18(28)10-8-16)21(17-5-4-6-19(29)13-17)14-26(24(33)35)15-22(34)37-26/h4-10,13,20-21,23,36H,3,11-12,14-15H2,1-2H3. The van der Waals surface area contributed by atoms with Gasteiger partial charge >= 0.3 is 12.1 Å². The number of esters is 1. The van der Waals surface area contributed by atoms with E-state index in [-0.39, 0.29) is 25.2 Å². The maximum absolute atomic E-state index is 14.0. The first-order valence-electron chi connectivity index (χ1n) is 12.1. The van der Waals surface area contributed by atoms with Crippen LogP contribution in [0.1, 0.15) is 69.0 Å². The molecule has 5 atom stereocenters. The van der Waals surface area contributed by atoms with E-state index in [1.807, 2.05) is 6.07 Å². The van der Waals surface area contributed by atoms with Gasteiger partial charge in [0.25, 0.3) is 5.91 Å². The summed E-state index contributed by atoms with van der Waals surface area (Å²) in [5.41, 5.74) is -2.76. The molecule has 10 heteroatoms. The van der Waals surface area contributed by atoms with Crippen molar-refractivity contribution in [3.05, 3.63) is 69.7 Å². The van der Waals surface area contributed by atoms with Crippen molar-refractivity contribution in [3.8, 4) is 0 Å². The normalized spacial score (nSPS) is 26.4. The number of amides is 1.